The van der Waals surface area contributed by atoms with Crippen molar-refractivity contribution in [2.75, 3.05) is 0 Å². The molecular formula is C21H23NO. The second-order valence-corrected chi connectivity index (χ2v) is 6.16. The van der Waals surface area contributed by atoms with Gasteiger partial charge in [-0.1, -0.05) is 61.6 Å². The van der Waals surface area contributed by atoms with E-state index in [9.17, 15) is 4.79 Å². The SMILES string of the molecule is Cc1ccc(C#CC(CC(C)C)NC(=O)c2ccccc2)cc1. The third-order valence-corrected chi connectivity index (χ3v) is 3.49. The zero-order valence-electron chi connectivity index (χ0n) is 14.0. The van der Waals surface area contributed by atoms with Crippen molar-refractivity contribution in [1.29, 1.82) is 0 Å². The maximum Gasteiger partial charge on any atom is 0.252 e. The standard InChI is InChI=1S/C21H23NO/c1-16(2)15-20(14-13-18-11-9-17(3)10-12-18)22-21(23)19-7-5-4-6-8-19/h4-12,16,20H,15H2,1-3H3,(H,22,23). The Morgan fingerprint density at radius 3 is 2.30 bits per heavy atom. The molecule has 0 aromatic heterocycles. The molecule has 0 saturated carbocycles. The van der Waals surface area contributed by atoms with E-state index in [0.717, 1.165) is 12.0 Å². The van der Waals surface area contributed by atoms with Gasteiger partial charge in [-0.15, -0.1) is 0 Å². The molecule has 0 saturated heterocycles. The van der Waals surface area contributed by atoms with Gasteiger partial charge < -0.3 is 5.32 Å². The summed E-state index contributed by atoms with van der Waals surface area (Å²) in [6.45, 7) is 6.32. The first kappa shape index (κ1) is 16.8. The van der Waals surface area contributed by atoms with E-state index in [-0.39, 0.29) is 11.9 Å². The van der Waals surface area contributed by atoms with Crippen LogP contribution < -0.4 is 5.32 Å². The van der Waals surface area contributed by atoms with Crippen LogP contribution in [0.15, 0.2) is 54.6 Å². The number of hydrogen-bond donors (Lipinski definition) is 1. The Hall–Kier alpha value is -2.53. The van der Waals surface area contributed by atoms with Crippen molar-refractivity contribution in [1.82, 2.24) is 5.32 Å². The summed E-state index contributed by atoms with van der Waals surface area (Å²) in [5.41, 5.74) is 2.85. The predicted octanol–water partition coefficient (Wildman–Crippen LogP) is 4.19. The summed E-state index contributed by atoms with van der Waals surface area (Å²) in [5, 5.41) is 3.03. The topological polar surface area (TPSA) is 29.1 Å². The fourth-order valence-corrected chi connectivity index (χ4v) is 2.26. The summed E-state index contributed by atoms with van der Waals surface area (Å²) in [4.78, 5) is 12.3. The van der Waals surface area contributed by atoms with Crippen LogP contribution in [-0.4, -0.2) is 11.9 Å². The van der Waals surface area contributed by atoms with E-state index in [4.69, 9.17) is 0 Å². The van der Waals surface area contributed by atoms with Crippen molar-refractivity contribution in [3.05, 3.63) is 71.3 Å². The molecule has 0 spiro atoms. The Morgan fingerprint density at radius 1 is 1.04 bits per heavy atom. The highest BCUT2D eigenvalue weighted by molar-refractivity contribution is 5.94. The van der Waals surface area contributed by atoms with Crippen LogP contribution in [0.3, 0.4) is 0 Å². The maximum atomic E-state index is 12.3. The van der Waals surface area contributed by atoms with Crippen molar-refractivity contribution in [2.24, 2.45) is 5.92 Å². The molecule has 1 atom stereocenters. The molecule has 0 fully saturated rings. The minimum absolute atomic E-state index is 0.0746. The van der Waals surface area contributed by atoms with E-state index in [2.05, 4.69) is 37.9 Å². The molecule has 2 heteroatoms. The number of aryl methyl sites for hydroxylation is 1. The van der Waals surface area contributed by atoms with E-state index >= 15 is 0 Å². The van der Waals surface area contributed by atoms with Gasteiger partial charge in [-0.2, -0.15) is 0 Å². The molecule has 0 aliphatic heterocycles. The summed E-state index contributed by atoms with van der Waals surface area (Å²) in [6, 6.07) is 17.2. The van der Waals surface area contributed by atoms with Crippen molar-refractivity contribution < 1.29 is 4.79 Å². The van der Waals surface area contributed by atoms with Gasteiger partial charge in [-0.3, -0.25) is 4.79 Å². The van der Waals surface area contributed by atoms with Crippen molar-refractivity contribution in [2.45, 2.75) is 33.2 Å². The van der Waals surface area contributed by atoms with Gasteiger partial charge in [0.15, 0.2) is 0 Å². The molecule has 118 valence electrons. The fraction of sp³-hybridized carbons (Fsp3) is 0.286. The molecule has 1 N–H and O–H groups in total. The van der Waals surface area contributed by atoms with Crippen LogP contribution >= 0.6 is 0 Å². The van der Waals surface area contributed by atoms with Crippen LogP contribution in [0, 0.1) is 24.7 Å². The molecule has 0 aliphatic carbocycles. The number of benzene rings is 2. The molecule has 2 aromatic carbocycles. The zero-order chi connectivity index (χ0) is 16.7. The lowest BCUT2D eigenvalue weighted by atomic mass is 10.0. The third-order valence-electron chi connectivity index (χ3n) is 3.49. The smallest absolute Gasteiger partial charge is 0.252 e. The first-order valence-corrected chi connectivity index (χ1v) is 7.98. The zero-order valence-corrected chi connectivity index (χ0v) is 14.0. The van der Waals surface area contributed by atoms with E-state index in [0.29, 0.717) is 11.5 Å². The van der Waals surface area contributed by atoms with Crippen LogP contribution in [0.2, 0.25) is 0 Å². The van der Waals surface area contributed by atoms with Gasteiger partial charge in [0.1, 0.15) is 0 Å². The lowest BCUT2D eigenvalue weighted by molar-refractivity contribution is 0.0942. The summed E-state index contributed by atoms with van der Waals surface area (Å²) in [5.74, 6) is 6.76. The van der Waals surface area contributed by atoms with Crippen molar-refractivity contribution in [3.63, 3.8) is 0 Å². The number of hydrogen-bond acceptors (Lipinski definition) is 1. The molecular weight excluding hydrogens is 282 g/mol. The lowest BCUT2D eigenvalue weighted by Crippen LogP contribution is -2.34. The normalized spacial score (nSPS) is 11.5. The summed E-state index contributed by atoms with van der Waals surface area (Å²) < 4.78 is 0. The Morgan fingerprint density at radius 2 is 1.70 bits per heavy atom. The second-order valence-electron chi connectivity index (χ2n) is 6.16. The summed E-state index contributed by atoms with van der Waals surface area (Å²) in [7, 11) is 0. The number of amides is 1. The van der Waals surface area contributed by atoms with Gasteiger partial charge in [0.2, 0.25) is 0 Å². The van der Waals surface area contributed by atoms with Gasteiger partial charge in [-0.05, 0) is 43.5 Å². The Labute approximate surface area is 138 Å². The molecule has 2 nitrogen and oxygen atoms in total. The van der Waals surface area contributed by atoms with Gasteiger partial charge in [0.05, 0.1) is 6.04 Å². The summed E-state index contributed by atoms with van der Waals surface area (Å²) in [6.07, 6.45) is 0.831. The highest BCUT2D eigenvalue weighted by Gasteiger charge is 2.12. The highest BCUT2D eigenvalue weighted by atomic mass is 16.1. The van der Waals surface area contributed by atoms with Gasteiger partial charge in [-0.25, -0.2) is 0 Å². The fourth-order valence-electron chi connectivity index (χ4n) is 2.26. The van der Waals surface area contributed by atoms with E-state index in [1.54, 1.807) is 0 Å². The second kappa shape index (κ2) is 8.19. The first-order valence-electron chi connectivity index (χ1n) is 7.98. The number of carbonyl (C=O) groups is 1. The number of carbonyl (C=O) groups excluding carboxylic acids is 1. The number of rotatable bonds is 4. The van der Waals surface area contributed by atoms with Crippen LogP contribution in [0.5, 0.6) is 0 Å². The number of nitrogens with one attached hydrogen (secondary N) is 1. The van der Waals surface area contributed by atoms with E-state index in [1.807, 2.05) is 54.6 Å². The highest BCUT2D eigenvalue weighted by Crippen LogP contribution is 2.07. The molecule has 1 unspecified atom stereocenters. The molecule has 0 radical (unpaired) electrons. The van der Waals surface area contributed by atoms with Gasteiger partial charge in [0, 0.05) is 11.1 Å². The van der Waals surface area contributed by atoms with Gasteiger partial charge >= 0.3 is 0 Å². The largest absolute Gasteiger partial charge is 0.338 e. The van der Waals surface area contributed by atoms with E-state index in [1.165, 1.54) is 5.56 Å². The van der Waals surface area contributed by atoms with Gasteiger partial charge in [0.25, 0.3) is 5.91 Å². The molecule has 1 amide bonds. The van der Waals surface area contributed by atoms with Crippen LogP contribution in [0.1, 0.15) is 41.8 Å². The summed E-state index contributed by atoms with van der Waals surface area (Å²) >= 11 is 0. The Kier molecular flexibility index (Phi) is 6.00. The molecule has 2 aromatic rings. The van der Waals surface area contributed by atoms with E-state index < -0.39 is 0 Å². The predicted molar refractivity (Wildman–Crippen MR) is 95.2 cm³/mol. The van der Waals surface area contributed by atoms with Crippen LogP contribution in [0.4, 0.5) is 0 Å². The lowest BCUT2D eigenvalue weighted by Gasteiger charge is -2.15. The molecule has 0 bridgehead atoms. The average molecular weight is 305 g/mol. The minimum Gasteiger partial charge on any atom is -0.338 e. The molecule has 0 heterocycles. The minimum atomic E-state index is -0.149. The Balaban J connectivity index is 2.11. The Bertz CT molecular complexity index is 690. The van der Waals surface area contributed by atoms with Crippen molar-refractivity contribution in [3.8, 4) is 11.8 Å². The molecule has 23 heavy (non-hydrogen) atoms. The monoisotopic (exact) mass is 305 g/mol. The average Bonchev–Trinajstić information content (AvgIpc) is 2.54. The van der Waals surface area contributed by atoms with Crippen LogP contribution in [-0.2, 0) is 0 Å². The first-order chi connectivity index (χ1) is 11.0. The molecule has 2 rings (SSSR count). The van der Waals surface area contributed by atoms with Crippen LogP contribution in [0.25, 0.3) is 0 Å². The van der Waals surface area contributed by atoms with Crippen molar-refractivity contribution >= 4 is 5.91 Å². The maximum absolute atomic E-state index is 12.3. The quantitative estimate of drug-likeness (QED) is 0.843. The third kappa shape index (κ3) is 5.64. The molecule has 0 aliphatic rings.